The summed E-state index contributed by atoms with van der Waals surface area (Å²) in [5.74, 6) is 0.581. The Balaban J connectivity index is 0.000000150. The number of hydrogen-bond acceptors (Lipinski definition) is 8. The Bertz CT molecular complexity index is 8650. The molecule has 4 aromatic heterocycles. The SMILES string of the molecule is CC(C)c1sc2c(cc(N(c3ccccc3)c3cccc4ccccc34)c3c4sc(C(C)C)c(-c5ccccc5)c4cc(N(c4ccccc4)c4cccc5ccccc45)c23)c1-c1ccccc1.c1ccc(-c2sc3c(cc(N(c4ccccc4)c4cccc5ccccc45)c4c5sc(-c6ccccc6)c(-c6ccccc6)c5cc(N(c5ccccc5)c5cccc6ccccc56)c34)c2-c2ccccc2)cc1. The lowest BCUT2D eigenvalue weighted by Crippen LogP contribution is -2.13. The van der Waals surface area contributed by atoms with Crippen LogP contribution >= 0.6 is 45.3 Å². The highest BCUT2D eigenvalue weighted by Crippen LogP contribution is 2.63. The molecule has 26 aromatic rings. The molecule has 22 aromatic carbocycles. The van der Waals surface area contributed by atoms with Crippen molar-refractivity contribution in [3.8, 4) is 65.4 Å². The Morgan fingerprint density at radius 2 is 0.352 bits per heavy atom. The van der Waals surface area contributed by atoms with Crippen molar-refractivity contribution in [2.24, 2.45) is 0 Å². The van der Waals surface area contributed by atoms with E-state index in [0.717, 1.165) is 68.2 Å². The summed E-state index contributed by atoms with van der Waals surface area (Å²) in [7, 11) is 0. The van der Waals surface area contributed by atoms with E-state index in [9.17, 15) is 0 Å². The van der Waals surface area contributed by atoms with Crippen LogP contribution in [0.3, 0.4) is 0 Å². The van der Waals surface area contributed by atoms with Gasteiger partial charge in [0.1, 0.15) is 0 Å². The minimum absolute atomic E-state index is 0.291. The molecule has 4 heterocycles. The van der Waals surface area contributed by atoms with Crippen molar-refractivity contribution in [3.05, 3.63) is 507 Å². The number of para-hydroxylation sites is 4. The number of fused-ring (bicyclic) bond motifs is 14. The molecule has 0 bridgehead atoms. The number of anilines is 12. The Kier molecular flexibility index (Phi) is 22.9. The van der Waals surface area contributed by atoms with Crippen LogP contribution in [0.15, 0.2) is 497 Å². The number of thiophene rings is 4. The first kappa shape index (κ1) is 87.0. The smallest absolute Gasteiger partial charge is 0.0562 e. The lowest BCUT2D eigenvalue weighted by Gasteiger charge is -2.31. The zero-order valence-electron chi connectivity index (χ0n) is 78.9. The normalized spacial score (nSPS) is 11.6. The second-order valence-corrected chi connectivity index (χ2v) is 41.2. The van der Waals surface area contributed by atoms with E-state index in [2.05, 4.69) is 545 Å². The van der Waals surface area contributed by atoms with Crippen molar-refractivity contribution in [3.63, 3.8) is 0 Å². The largest absolute Gasteiger partial charge is 0.309 e. The molecule has 0 atom stereocenters. The van der Waals surface area contributed by atoms with Gasteiger partial charge in [-0.05, 0) is 164 Å². The molecule has 4 nitrogen and oxygen atoms in total. The first-order valence-corrected chi connectivity index (χ1v) is 52.2. The van der Waals surface area contributed by atoms with E-state index >= 15 is 0 Å². The predicted octanol–water partition coefficient (Wildman–Crippen LogP) is 41.3. The van der Waals surface area contributed by atoms with Gasteiger partial charge in [-0.1, -0.05) is 428 Å². The van der Waals surface area contributed by atoms with E-state index in [1.165, 1.54) is 180 Å². The number of hydrogen-bond donors (Lipinski definition) is 0. The molecule has 0 amide bonds. The molecule has 0 radical (unpaired) electrons. The molecular weight excluding hydrogens is 1790 g/mol. The molecule has 676 valence electrons. The van der Waals surface area contributed by atoms with Crippen molar-refractivity contribution < 1.29 is 0 Å². The minimum Gasteiger partial charge on any atom is -0.309 e. The molecule has 0 saturated carbocycles. The summed E-state index contributed by atoms with van der Waals surface area (Å²) in [4.78, 5) is 15.5. The topological polar surface area (TPSA) is 13.0 Å². The average molecular weight is 1890 g/mol. The molecule has 26 rings (SSSR count). The first-order chi connectivity index (χ1) is 70.2. The molecule has 0 N–H and O–H groups in total. The summed E-state index contributed by atoms with van der Waals surface area (Å²) in [5.41, 5.74) is 25.8. The molecule has 142 heavy (non-hydrogen) atoms. The van der Waals surface area contributed by atoms with E-state index in [1.54, 1.807) is 0 Å². The highest BCUT2D eigenvalue weighted by atomic mass is 32.1. The van der Waals surface area contributed by atoms with E-state index in [0.29, 0.717) is 11.8 Å². The molecule has 0 unspecified atom stereocenters. The van der Waals surface area contributed by atoms with Gasteiger partial charge in [0, 0.05) is 148 Å². The van der Waals surface area contributed by atoms with Gasteiger partial charge in [-0.25, -0.2) is 0 Å². The number of nitrogens with zero attached hydrogens (tertiary/aromatic N) is 4. The molecule has 0 aliphatic carbocycles. The molecular formula is C134H96N4S4. The van der Waals surface area contributed by atoms with Crippen LogP contribution < -0.4 is 19.6 Å². The van der Waals surface area contributed by atoms with Crippen molar-refractivity contribution in [1.29, 1.82) is 0 Å². The van der Waals surface area contributed by atoms with Crippen molar-refractivity contribution in [2.75, 3.05) is 19.6 Å². The maximum atomic E-state index is 2.57. The molecule has 0 fully saturated rings. The fourth-order valence-corrected chi connectivity index (χ4v) is 27.1. The van der Waals surface area contributed by atoms with E-state index in [-0.39, 0.29) is 0 Å². The van der Waals surface area contributed by atoms with Gasteiger partial charge in [0.25, 0.3) is 0 Å². The van der Waals surface area contributed by atoms with Crippen molar-refractivity contribution >= 4 is 219 Å². The monoisotopic (exact) mass is 1890 g/mol. The summed E-state index contributed by atoms with van der Waals surface area (Å²) in [6, 6.07) is 183. The summed E-state index contributed by atoms with van der Waals surface area (Å²) >= 11 is 7.78. The molecule has 0 aliphatic heterocycles. The standard InChI is InChI=1S/C70H46N2S2.C64H50N2S2/c1-7-27-49(28-8-1)63-57-45-61(71(53-37-15-5-16-38-53)59-43-23-35-47-25-19-21-41-55(47)59)66-65(69(57)73-67(63)51-31-11-3-12-32-51)62(72(54-39-17-6-18-40-54)60-44-24-36-48-26-20-22-42-56(48)60)46-58-64(50-29-9-2-10-30-50)68(74-70(58)66)52-33-13-4-14-34-52;1-41(2)61-57(45-25-9-5-10-26-45)51-39-55(65(47-31-13-7-14-32-47)53-37-21-29-43-23-17-19-35-49(43)53)60-59(63(51)67-61)56(40-52-58(46-27-11-6-12-28-46)62(42(3)4)68-64(52)60)66(48-33-15-8-16-34-48)54-38-22-30-44-24-18-20-36-50(44)54/h1-46H;5-42H,1-4H3. The van der Waals surface area contributed by atoms with Gasteiger partial charge in [0.15, 0.2) is 0 Å². The van der Waals surface area contributed by atoms with Crippen LogP contribution in [0.25, 0.3) is 170 Å². The number of rotatable bonds is 20. The fourth-order valence-electron chi connectivity index (χ4n) is 21.6. The maximum Gasteiger partial charge on any atom is 0.0562 e. The van der Waals surface area contributed by atoms with Crippen LogP contribution in [-0.4, -0.2) is 0 Å². The minimum atomic E-state index is 0.291. The zero-order valence-corrected chi connectivity index (χ0v) is 82.2. The molecule has 0 aliphatic rings. The van der Waals surface area contributed by atoms with Gasteiger partial charge in [0.2, 0.25) is 0 Å². The Morgan fingerprint density at radius 3 is 0.592 bits per heavy atom. The average Bonchev–Trinajstić information content (AvgIpc) is 1.51. The first-order valence-electron chi connectivity index (χ1n) is 48.9. The third-order valence-electron chi connectivity index (χ3n) is 27.8. The second-order valence-electron chi connectivity index (χ2n) is 37.1. The van der Waals surface area contributed by atoms with Gasteiger partial charge in [-0.2, -0.15) is 0 Å². The predicted molar refractivity (Wildman–Crippen MR) is 619 cm³/mol. The van der Waals surface area contributed by atoms with Gasteiger partial charge in [-0.3, -0.25) is 0 Å². The third-order valence-corrected chi connectivity index (χ3v) is 33.4. The van der Waals surface area contributed by atoms with Gasteiger partial charge >= 0.3 is 0 Å². The third kappa shape index (κ3) is 15.3. The number of benzene rings is 22. The Labute approximate surface area is 843 Å². The van der Waals surface area contributed by atoms with Gasteiger partial charge in [-0.15, -0.1) is 45.3 Å². The van der Waals surface area contributed by atoms with E-state index in [4.69, 9.17) is 0 Å². The van der Waals surface area contributed by atoms with E-state index in [1.807, 2.05) is 45.3 Å². The Hall–Kier alpha value is -16.6. The van der Waals surface area contributed by atoms with Crippen LogP contribution in [0.1, 0.15) is 49.3 Å². The second kappa shape index (κ2) is 37.3. The van der Waals surface area contributed by atoms with Crippen LogP contribution in [0.2, 0.25) is 0 Å². The maximum absolute atomic E-state index is 2.57. The van der Waals surface area contributed by atoms with Crippen LogP contribution in [-0.2, 0) is 0 Å². The summed E-state index contributed by atoms with van der Waals surface area (Å²) < 4.78 is 5.08. The zero-order chi connectivity index (χ0) is 94.8. The summed E-state index contributed by atoms with van der Waals surface area (Å²) in [5, 5.41) is 19.4. The van der Waals surface area contributed by atoms with Gasteiger partial charge < -0.3 is 19.6 Å². The fraction of sp³-hybridized carbons (Fsp3) is 0.0448. The highest BCUT2D eigenvalue weighted by Gasteiger charge is 2.36. The molecule has 0 spiro atoms. The van der Waals surface area contributed by atoms with Crippen molar-refractivity contribution in [2.45, 2.75) is 39.5 Å². The Morgan fingerprint density at radius 1 is 0.162 bits per heavy atom. The van der Waals surface area contributed by atoms with Crippen molar-refractivity contribution in [1.82, 2.24) is 0 Å². The quantitative estimate of drug-likeness (QED) is 0.0754. The van der Waals surface area contributed by atoms with Crippen LogP contribution in [0.4, 0.5) is 68.2 Å². The van der Waals surface area contributed by atoms with Crippen LogP contribution in [0.5, 0.6) is 0 Å². The van der Waals surface area contributed by atoms with E-state index < -0.39 is 0 Å². The summed E-state index contributed by atoms with van der Waals surface area (Å²) in [6.07, 6.45) is 0. The molecule has 0 saturated heterocycles. The highest BCUT2D eigenvalue weighted by molar-refractivity contribution is 7.26. The van der Waals surface area contributed by atoms with Gasteiger partial charge in [0.05, 0.1) is 45.5 Å². The van der Waals surface area contributed by atoms with Crippen LogP contribution in [0, 0.1) is 0 Å². The lowest BCUT2D eigenvalue weighted by atomic mass is 9.91. The lowest BCUT2D eigenvalue weighted by molar-refractivity contribution is 0.892. The summed E-state index contributed by atoms with van der Waals surface area (Å²) in [6.45, 7) is 9.44. The molecule has 8 heteroatoms.